The number of aromatic nitrogens is 2. The number of guanidine groups is 1. The van der Waals surface area contributed by atoms with Gasteiger partial charge in [0.25, 0.3) is 0 Å². The Labute approximate surface area is 162 Å². The number of H-pyrrole nitrogens is 1. The lowest BCUT2D eigenvalue weighted by Gasteiger charge is -2.09. The van der Waals surface area contributed by atoms with Gasteiger partial charge in [-0.05, 0) is 24.3 Å². The van der Waals surface area contributed by atoms with E-state index in [2.05, 4.69) is 19.7 Å². The molecule has 29 heavy (non-hydrogen) atoms. The molecule has 0 saturated carbocycles. The van der Waals surface area contributed by atoms with Crippen molar-refractivity contribution in [1.29, 1.82) is 0 Å². The molecule has 0 aliphatic carbocycles. The first-order chi connectivity index (χ1) is 13.8. The van der Waals surface area contributed by atoms with E-state index in [1.54, 1.807) is 42.6 Å². The predicted molar refractivity (Wildman–Crippen MR) is 104 cm³/mol. The summed E-state index contributed by atoms with van der Waals surface area (Å²) >= 11 is 0. The molecule has 0 atom stereocenters. The second kappa shape index (κ2) is 6.93. The van der Waals surface area contributed by atoms with Gasteiger partial charge in [-0.25, -0.2) is 4.98 Å². The molecule has 4 aromatic rings. The first-order valence-corrected chi connectivity index (χ1v) is 8.44. The van der Waals surface area contributed by atoms with Crippen molar-refractivity contribution in [3.05, 3.63) is 71.6 Å². The van der Waals surface area contributed by atoms with Gasteiger partial charge in [-0.2, -0.15) is 0 Å². The van der Waals surface area contributed by atoms with Crippen LogP contribution in [0.2, 0.25) is 0 Å². The van der Waals surface area contributed by atoms with E-state index in [-0.39, 0.29) is 5.75 Å². The van der Waals surface area contributed by atoms with E-state index in [0.717, 1.165) is 0 Å². The summed E-state index contributed by atoms with van der Waals surface area (Å²) in [4.78, 5) is 11.7. The maximum atomic E-state index is 12.6. The first-order valence-electron chi connectivity index (χ1n) is 8.44. The molecule has 2 aromatic heterocycles. The Hall–Kier alpha value is -3.88. The quantitative estimate of drug-likeness (QED) is 0.395. The highest BCUT2D eigenvalue weighted by Gasteiger charge is 2.31. The number of ether oxygens (including phenoxy) is 1. The number of fused-ring (bicyclic) bond motifs is 2. The van der Waals surface area contributed by atoms with Crippen LogP contribution in [-0.4, -0.2) is 22.3 Å². The van der Waals surface area contributed by atoms with Crippen LogP contribution < -0.4 is 15.8 Å². The van der Waals surface area contributed by atoms with E-state index in [4.69, 9.17) is 5.73 Å². The zero-order valence-electron chi connectivity index (χ0n) is 14.7. The van der Waals surface area contributed by atoms with Crippen molar-refractivity contribution in [1.82, 2.24) is 9.97 Å². The van der Waals surface area contributed by atoms with Crippen LogP contribution in [0.4, 0.5) is 13.2 Å². The average Bonchev–Trinajstić information content (AvgIpc) is 3.08. The van der Waals surface area contributed by atoms with E-state index in [1.807, 2.05) is 0 Å². The molecule has 146 valence electrons. The van der Waals surface area contributed by atoms with Gasteiger partial charge in [0.05, 0.1) is 16.7 Å². The van der Waals surface area contributed by atoms with E-state index < -0.39 is 12.3 Å². The maximum absolute atomic E-state index is 12.6. The number of rotatable bonds is 2. The van der Waals surface area contributed by atoms with Crippen LogP contribution >= 0.6 is 0 Å². The Morgan fingerprint density at radius 1 is 1.07 bits per heavy atom. The molecular weight excluding hydrogens is 383 g/mol. The van der Waals surface area contributed by atoms with Crippen molar-refractivity contribution in [2.75, 3.05) is 0 Å². The fourth-order valence-corrected chi connectivity index (χ4v) is 3.14. The molecule has 0 amide bonds. The van der Waals surface area contributed by atoms with Gasteiger partial charge in [-0.15, -0.1) is 13.2 Å². The number of benzene rings is 2. The molecule has 4 rings (SSSR count). The third-order valence-electron chi connectivity index (χ3n) is 4.20. The summed E-state index contributed by atoms with van der Waals surface area (Å²) in [5.74, 6) is -0.978. The van der Waals surface area contributed by atoms with Crippen molar-refractivity contribution < 1.29 is 17.9 Å². The van der Waals surface area contributed by atoms with Crippen LogP contribution in [0, 0.1) is 0 Å². The summed E-state index contributed by atoms with van der Waals surface area (Å²) in [6, 6.07) is 14.3. The number of nitrogens with zero attached hydrogens (tertiary/aromatic N) is 3. The molecule has 2 heterocycles. The van der Waals surface area contributed by atoms with Gasteiger partial charge in [0.2, 0.25) is 0 Å². The van der Waals surface area contributed by atoms with Gasteiger partial charge in [0, 0.05) is 33.8 Å². The van der Waals surface area contributed by atoms with Crippen LogP contribution in [0.1, 0.15) is 0 Å². The molecule has 0 spiro atoms. The lowest BCUT2D eigenvalue weighted by molar-refractivity contribution is -0.274. The van der Waals surface area contributed by atoms with Gasteiger partial charge in [-0.1, -0.05) is 30.3 Å². The second-order valence-electron chi connectivity index (χ2n) is 6.14. The number of hydrogen-bond acceptors (Lipinski definition) is 2. The molecule has 2 aromatic carbocycles. The topological polar surface area (TPSA) is 98.6 Å². The van der Waals surface area contributed by atoms with Crippen LogP contribution in [0.25, 0.3) is 38.5 Å². The van der Waals surface area contributed by atoms with Crippen molar-refractivity contribution >= 4 is 27.8 Å². The van der Waals surface area contributed by atoms with Crippen molar-refractivity contribution in [2.24, 2.45) is 10.7 Å². The number of halogens is 3. The minimum absolute atomic E-state index is 0.353. The Morgan fingerprint density at radius 3 is 2.62 bits per heavy atom. The molecule has 0 radical (unpaired) electrons. The van der Waals surface area contributed by atoms with Crippen LogP contribution in [0.5, 0.6) is 5.75 Å². The molecule has 0 bridgehead atoms. The molecule has 3 N–H and O–H groups in total. The predicted octanol–water partition coefficient (Wildman–Crippen LogP) is 4.07. The summed E-state index contributed by atoms with van der Waals surface area (Å²) in [6.07, 6.45) is -3.16. The second-order valence-corrected chi connectivity index (χ2v) is 6.14. The third-order valence-corrected chi connectivity index (χ3v) is 4.20. The number of para-hydroxylation sites is 1. The smallest absolute Gasteiger partial charge is 0.453 e. The van der Waals surface area contributed by atoms with Gasteiger partial charge in [0.1, 0.15) is 5.75 Å². The number of nitrogens with two attached hydrogens (primary N) is 1. The zero-order valence-corrected chi connectivity index (χ0v) is 14.7. The molecule has 0 aliphatic rings. The summed E-state index contributed by atoms with van der Waals surface area (Å²) in [5.41, 5.74) is 7.28. The normalized spacial score (nSPS) is 12.4. The van der Waals surface area contributed by atoms with E-state index in [1.165, 1.54) is 18.2 Å². The van der Waals surface area contributed by atoms with E-state index >= 15 is 0 Å². The Kier molecular flexibility index (Phi) is 4.42. The van der Waals surface area contributed by atoms with Gasteiger partial charge in [0.15, 0.2) is 0 Å². The van der Waals surface area contributed by atoms with Crippen LogP contribution in [0.3, 0.4) is 0 Å². The van der Waals surface area contributed by atoms with E-state index in [9.17, 15) is 18.6 Å². The van der Waals surface area contributed by atoms with Gasteiger partial charge in [-0.3, -0.25) is 0 Å². The highest BCUT2D eigenvalue weighted by molar-refractivity contribution is 5.98. The summed E-state index contributed by atoms with van der Waals surface area (Å²) < 4.78 is 41.9. The lowest BCUT2D eigenvalue weighted by atomic mass is 10.1. The summed E-state index contributed by atoms with van der Waals surface area (Å²) in [6.45, 7) is 0. The largest absolute Gasteiger partial charge is 0.573 e. The zero-order chi connectivity index (χ0) is 20.6. The minimum atomic E-state index is -4.80. The van der Waals surface area contributed by atoms with Crippen LogP contribution in [-0.2, 0) is 0 Å². The van der Waals surface area contributed by atoms with Gasteiger partial charge < -0.3 is 25.9 Å². The fourth-order valence-electron chi connectivity index (χ4n) is 3.14. The Morgan fingerprint density at radius 2 is 1.86 bits per heavy atom. The molecule has 0 saturated heterocycles. The number of nitrogens with one attached hydrogen (secondary N) is 1. The molecule has 0 aliphatic heterocycles. The van der Waals surface area contributed by atoms with Gasteiger partial charge >= 0.3 is 6.36 Å². The molecule has 0 fully saturated rings. The van der Waals surface area contributed by atoms with Crippen LogP contribution in [0.15, 0.2) is 65.8 Å². The number of alkyl halides is 3. The maximum Gasteiger partial charge on any atom is 0.573 e. The SMILES string of the molecule is [N-]=C(N)/N=c1/c2ccccc2nc(-c2cccc(OC(F)(F)F)c2)c2cc[nH]c12. The Bertz CT molecular complexity index is 1310. The standard InChI is InChI=1S/C20H13F3N5O/c21-20(22,23)29-12-5-3-4-11(10-12)16-14-8-9-26-17(14)18(28-19(24)25)13-6-1-2-7-15(13)27-16/h1-10,26H,(H2-,24,25)/q-1/b28-18-. The average molecular weight is 396 g/mol. The highest BCUT2D eigenvalue weighted by Crippen LogP contribution is 2.30. The Balaban J connectivity index is 2.08. The first kappa shape index (κ1) is 18.5. The molecule has 0 unspecified atom stereocenters. The highest BCUT2D eigenvalue weighted by atomic mass is 19.4. The van der Waals surface area contributed by atoms with Crippen molar-refractivity contribution in [2.45, 2.75) is 6.36 Å². The third kappa shape index (κ3) is 3.75. The van der Waals surface area contributed by atoms with Crippen molar-refractivity contribution in [3.63, 3.8) is 0 Å². The summed E-state index contributed by atoms with van der Waals surface area (Å²) in [5, 5.41) is 11.1. The number of hydrogen-bond donors (Lipinski definition) is 2. The minimum Gasteiger partial charge on any atom is -0.453 e. The molecular formula is C20H13F3N5O-. The van der Waals surface area contributed by atoms with Crippen molar-refractivity contribution in [3.8, 4) is 17.0 Å². The lowest BCUT2D eigenvalue weighted by Crippen LogP contribution is -2.17. The monoisotopic (exact) mass is 396 g/mol. The summed E-state index contributed by atoms with van der Waals surface area (Å²) in [7, 11) is 0. The molecule has 6 nitrogen and oxygen atoms in total. The van der Waals surface area contributed by atoms with E-state index in [0.29, 0.717) is 38.4 Å². The number of aromatic amines is 1. The fraction of sp³-hybridized carbons (Fsp3) is 0.0500. The molecule has 9 heteroatoms.